The van der Waals surface area contributed by atoms with Crippen LogP contribution in [-0.2, 0) is 40.6 Å². The van der Waals surface area contributed by atoms with Crippen molar-refractivity contribution in [2.45, 2.75) is 63.4 Å². The Morgan fingerprint density at radius 1 is 0.950 bits per heavy atom. The van der Waals surface area contributed by atoms with Gasteiger partial charge in [0.25, 0.3) is 0 Å². The molecule has 1 N–H and O–H groups in total. The summed E-state index contributed by atoms with van der Waals surface area (Å²) in [6.45, 7) is 4.32. The van der Waals surface area contributed by atoms with Gasteiger partial charge in [-0.15, -0.1) is 0 Å². The van der Waals surface area contributed by atoms with Crippen molar-refractivity contribution in [2.24, 2.45) is 0 Å². The number of hydrogen-bond acceptors (Lipinski definition) is 4. The molecule has 1 aliphatic rings. The molecule has 0 bridgehead atoms. The van der Waals surface area contributed by atoms with Gasteiger partial charge in [-0.05, 0) is 91.3 Å². The highest BCUT2D eigenvalue weighted by Gasteiger charge is 2.29. The second kappa shape index (κ2) is 12.1. The van der Waals surface area contributed by atoms with E-state index in [0.29, 0.717) is 25.8 Å². The van der Waals surface area contributed by atoms with E-state index in [-0.39, 0.29) is 16.8 Å². The molecule has 7 heteroatoms. The first-order valence-corrected chi connectivity index (χ1v) is 15.3. The van der Waals surface area contributed by atoms with Crippen LogP contribution in [0.25, 0.3) is 0 Å². The second-order valence-electron chi connectivity index (χ2n) is 10.3. The number of benzene rings is 3. The number of aromatic nitrogens is 1. The van der Waals surface area contributed by atoms with Crippen LogP contribution < -0.4 is 9.62 Å². The highest BCUT2D eigenvalue weighted by molar-refractivity contribution is 7.89. The van der Waals surface area contributed by atoms with E-state index in [4.69, 9.17) is 0 Å². The van der Waals surface area contributed by atoms with Gasteiger partial charge in [0.2, 0.25) is 15.9 Å². The summed E-state index contributed by atoms with van der Waals surface area (Å²) < 4.78 is 29.4. The van der Waals surface area contributed by atoms with Crippen LogP contribution in [0.15, 0.2) is 95.9 Å². The molecule has 0 fully saturated rings. The smallest absolute Gasteiger partial charge is 0.241 e. The molecule has 40 heavy (non-hydrogen) atoms. The molecule has 0 aliphatic heterocycles. The van der Waals surface area contributed by atoms with E-state index in [2.05, 4.69) is 9.71 Å². The first kappa shape index (κ1) is 27.7. The topological polar surface area (TPSA) is 79.4 Å². The summed E-state index contributed by atoms with van der Waals surface area (Å²) in [6, 6.07) is 28.4. The molecular weight excluding hydrogens is 518 g/mol. The van der Waals surface area contributed by atoms with Gasteiger partial charge in [-0.2, -0.15) is 0 Å². The number of amides is 1. The van der Waals surface area contributed by atoms with Crippen molar-refractivity contribution in [1.29, 1.82) is 0 Å². The Hall–Kier alpha value is -3.81. The molecule has 0 radical (unpaired) electrons. The lowest BCUT2D eigenvalue weighted by Gasteiger charge is -2.24. The maximum absolute atomic E-state index is 13.6. The number of pyridine rings is 1. The summed E-state index contributed by atoms with van der Waals surface area (Å²) in [6.07, 6.45) is 3.30. The van der Waals surface area contributed by atoms with E-state index in [1.807, 2.05) is 92.7 Å². The molecule has 0 saturated carbocycles. The van der Waals surface area contributed by atoms with Gasteiger partial charge in [-0.1, -0.05) is 61.5 Å². The fourth-order valence-electron chi connectivity index (χ4n) is 5.24. The van der Waals surface area contributed by atoms with E-state index < -0.39 is 10.0 Å². The van der Waals surface area contributed by atoms with Gasteiger partial charge in [-0.3, -0.25) is 9.78 Å². The van der Waals surface area contributed by atoms with Gasteiger partial charge in [0.05, 0.1) is 17.1 Å². The summed E-state index contributed by atoms with van der Waals surface area (Å²) in [7, 11) is -3.69. The number of nitrogens with zero attached hydrogens (tertiary/aromatic N) is 2. The molecule has 6 nitrogen and oxygen atoms in total. The largest absolute Gasteiger partial charge is 0.306 e. The monoisotopic (exact) mass is 553 g/mol. The molecule has 1 aliphatic carbocycles. The zero-order valence-electron chi connectivity index (χ0n) is 23.0. The molecule has 5 rings (SSSR count). The zero-order chi connectivity index (χ0) is 28.1. The van der Waals surface area contributed by atoms with Crippen molar-refractivity contribution >= 4 is 21.6 Å². The molecule has 1 aromatic heterocycles. The van der Waals surface area contributed by atoms with Crippen LogP contribution in [0, 0.1) is 6.92 Å². The Labute approximate surface area is 237 Å². The number of aryl methyl sites for hydroxylation is 4. The Bertz CT molecular complexity index is 1590. The van der Waals surface area contributed by atoms with Crippen LogP contribution in [0.2, 0.25) is 0 Å². The third-order valence-corrected chi connectivity index (χ3v) is 8.98. The van der Waals surface area contributed by atoms with Crippen molar-refractivity contribution in [1.82, 2.24) is 9.71 Å². The average Bonchev–Trinajstić information content (AvgIpc) is 3.36. The lowest BCUT2D eigenvalue weighted by Crippen LogP contribution is -2.31. The predicted molar refractivity (Wildman–Crippen MR) is 159 cm³/mol. The second-order valence-corrected chi connectivity index (χ2v) is 12.0. The zero-order valence-corrected chi connectivity index (χ0v) is 23.8. The highest BCUT2D eigenvalue weighted by atomic mass is 32.2. The predicted octanol–water partition coefficient (Wildman–Crippen LogP) is 6.08. The van der Waals surface area contributed by atoms with Crippen molar-refractivity contribution in [3.63, 3.8) is 0 Å². The van der Waals surface area contributed by atoms with Crippen LogP contribution >= 0.6 is 0 Å². The van der Waals surface area contributed by atoms with E-state index in [9.17, 15) is 13.2 Å². The average molecular weight is 554 g/mol. The van der Waals surface area contributed by atoms with Crippen LogP contribution in [-0.4, -0.2) is 19.3 Å². The molecular formula is C33H35N3O3S. The third kappa shape index (κ3) is 6.49. The number of carbonyl (C=O) groups excluding carboxylic acids is 1. The van der Waals surface area contributed by atoms with Crippen LogP contribution in [0.4, 0.5) is 5.69 Å². The SMILES string of the molecule is CCc1ccc(S(=O)(=O)NC2CCc3ccc(N(Cc4cccc(C)n4)C(=O)CCc4ccccc4)cc32)cc1. The Kier molecular flexibility index (Phi) is 8.43. The molecule has 4 aromatic rings. The summed E-state index contributed by atoms with van der Waals surface area (Å²) in [4.78, 5) is 20.3. The molecule has 1 heterocycles. The molecule has 206 valence electrons. The summed E-state index contributed by atoms with van der Waals surface area (Å²) >= 11 is 0. The van der Waals surface area contributed by atoms with Crippen LogP contribution in [0.1, 0.15) is 59.4 Å². The first-order chi connectivity index (χ1) is 19.3. The molecule has 0 saturated heterocycles. The van der Waals surface area contributed by atoms with Gasteiger partial charge in [-0.25, -0.2) is 13.1 Å². The Morgan fingerprint density at radius 3 is 2.45 bits per heavy atom. The first-order valence-electron chi connectivity index (χ1n) is 13.8. The molecule has 1 unspecified atom stereocenters. The standard InChI is InChI=1S/C33H35N3O3S/c1-3-25-12-18-30(19-13-25)40(38,39)35-32-20-16-27-15-17-29(22-31(27)32)36(23-28-11-7-8-24(2)34-28)33(37)21-14-26-9-5-4-6-10-26/h4-13,15,17-19,22,32,35H,3,14,16,20-21,23H2,1-2H3. The molecule has 1 amide bonds. The maximum Gasteiger partial charge on any atom is 0.241 e. The molecule has 0 spiro atoms. The lowest BCUT2D eigenvalue weighted by molar-refractivity contribution is -0.118. The quantitative estimate of drug-likeness (QED) is 0.258. The Morgan fingerprint density at radius 2 is 1.73 bits per heavy atom. The van der Waals surface area contributed by atoms with E-state index in [0.717, 1.165) is 52.2 Å². The fourth-order valence-corrected chi connectivity index (χ4v) is 6.49. The van der Waals surface area contributed by atoms with E-state index >= 15 is 0 Å². The maximum atomic E-state index is 13.6. The van der Waals surface area contributed by atoms with E-state index in [1.54, 1.807) is 17.0 Å². The number of anilines is 1. The highest BCUT2D eigenvalue weighted by Crippen LogP contribution is 2.36. The van der Waals surface area contributed by atoms with Gasteiger partial charge in [0, 0.05) is 23.8 Å². The minimum absolute atomic E-state index is 0.00162. The number of fused-ring (bicyclic) bond motifs is 1. The van der Waals surface area contributed by atoms with Crippen molar-refractivity contribution in [3.05, 3.63) is 125 Å². The number of sulfonamides is 1. The lowest BCUT2D eigenvalue weighted by atomic mass is 10.1. The fraction of sp³-hybridized carbons (Fsp3) is 0.273. The number of carbonyl (C=O) groups is 1. The summed E-state index contributed by atoms with van der Waals surface area (Å²) in [5.41, 5.74) is 6.67. The van der Waals surface area contributed by atoms with Crippen LogP contribution in [0.5, 0.6) is 0 Å². The minimum Gasteiger partial charge on any atom is -0.306 e. The minimum atomic E-state index is -3.69. The number of nitrogens with one attached hydrogen (secondary N) is 1. The van der Waals surface area contributed by atoms with Crippen molar-refractivity contribution in [3.8, 4) is 0 Å². The van der Waals surface area contributed by atoms with Gasteiger partial charge in [0.15, 0.2) is 0 Å². The van der Waals surface area contributed by atoms with Crippen molar-refractivity contribution < 1.29 is 13.2 Å². The Balaban J connectivity index is 1.41. The van der Waals surface area contributed by atoms with Crippen molar-refractivity contribution in [2.75, 3.05) is 4.90 Å². The van der Waals surface area contributed by atoms with Crippen LogP contribution in [0.3, 0.4) is 0 Å². The number of rotatable bonds is 10. The summed E-state index contributed by atoms with van der Waals surface area (Å²) in [5, 5.41) is 0. The number of hydrogen-bond donors (Lipinski definition) is 1. The third-order valence-electron chi connectivity index (χ3n) is 7.50. The van der Waals surface area contributed by atoms with E-state index in [1.165, 1.54) is 0 Å². The molecule has 1 atom stereocenters. The van der Waals surface area contributed by atoms with Gasteiger partial charge < -0.3 is 4.90 Å². The van der Waals surface area contributed by atoms with Gasteiger partial charge >= 0.3 is 0 Å². The summed E-state index contributed by atoms with van der Waals surface area (Å²) in [5.74, 6) is -0.00162. The molecule has 3 aromatic carbocycles. The normalized spacial score (nSPS) is 14.6. The van der Waals surface area contributed by atoms with Gasteiger partial charge in [0.1, 0.15) is 0 Å².